The van der Waals surface area contributed by atoms with Gasteiger partial charge < -0.3 is 20.8 Å². The van der Waals surface area contributed by atoms with Crippen LogP contribution in [-0.2, 0) is 0 Å². The van der Waals surface area contributed by atoms with Gasteiger partial charge in [-0.3, -0.25) is 0 Å². The molecule has 4 aromatic rings. The Morgan fingerprint density at radius 1 is 1.04 bits per heavy atom. The molecule has 3 aromatic heterocycles. The third-order valence-electron chi connectivity index (χ3n) is 3.92. The number of hydrogen-bond acceptors (Lipinski definition) is 5. The fraction of sp³-hybridized carbons (Fsp3) is 0.0526. The van der Waals surface area contributed by atoms with Crippen molar-refractivity contribution in [1.29, 1.82) is 0 Å². The van der Waals surface area contributed by atoms with Crippen molar-refractivity contribution in [2.45, 2.75) is 0 Å². The topological polar surface area (TPSA) is 88.8 Å². The minimum atomic E-state index is 0.574. The van der Waals surface area contributed by atoms with Crippen LogP contribution in [0.5, 0.6) is 5.88 Å². The summed E-state index contributed by atoms with van der Waals surface area (Å²) in [7, 11) is 1.59. The molecule has 3 heterocycles. The molecule has 1 aromatic carbocycles. The molecular formula is C19H17N5O. The van der Waals surface area contributed by atoms with E-state index in [4.69, 9.17) is 10.5 Å². The van der Waals surface area contributed by atoms with Gasteiger partial charge in [-0.25, -0.2) is 9.97 Å². The number of ether oxygens (including phenoxy) is 1. The summed E-state index contributed by atoms with van der Waals surface area (Å²) in [5, 5.41) is 4.27. The minimum absolute atomic E-state index is 0.574. The van der Waals surface area contributed by atoms with Crippen LogP contribution in [0.4, 0.5) is 17.2 Å². The quantitative estimate of drug-likeness (QED) is 0.493. The predicted molar refractivity (Wildman–Crippen MR) is 100 cm³/mol. The first kappa shape index (κ1) is 15.0. The number of rotatable bonds is 4. The molecule has 0 amide bonds. The predicted octanol–water partition coefficient (Wildman–Crippen LogP) is 3.96. The highest BCUT2D eigenvalue weighted by molar-refractivity contribution is 5.87. The molecule has 6 heteroatoms. The van der Waals surface area contributed by atoms with E-state index in [1.54, 1.807) is 19.4 Å². The van der Waals surface area contributed by atoms with Crippen molar-refractivity contribution in [3.63, 3.8) is 0 Å². The van der Waals surface area contributed by atoms with Crippen molar-refractivity contribution >= 4 is 28.1 Å². The zero-order valence-corrected chi connectivity index (χ0v) is 13.7. The number of nitrogens with zero attached hydrogens (tertiary/aromatic N) is 2. The van der Waals surface area contributed by atoms with E-state index in [2.05, 4.69) is 26.3 Å². The first-order valence-corrected chi connectivity index (χ1v) is 7.83. The summed E-state index contributed by atoms with van der Waals surface area (Å²) in [5.74, 6) is 1.31. The summed E-state index contributed by atoms with van der Waals surface area (Å²) in [6.07, 6.45) is 3.54. The van der Waals surface area contributed by atoms with Gasteiger partial charge in [0.25, 0.3) is 0 Å². The van der Waals surface area contributed by atoms with Gasteiger partial charge in [0.05, 0.1) is 24.5 Å². The van der Waals surface area contributed by atoms with Gasteiger partial charge in [-0.2, -0.15) is 0 Å². The molecule has 0 unspecified atom stereocenters. The zero-order valence-electron chi connectivity index (χ0n) is 13.7. The molecule has 0 spiro atoms. The van der Waals surface area contributed by atoms with Crippen molar-refractivity contribution < 1.29 is 4.74 Å². The van der Waals surface area contributed by atoms with Crippen LogP contribution in [0.3, 0.4) is 0 Å². The van der Waals surface area contributed by atoms with Crippen molar-refractivity contribution in [2.24, 2.45) is 0 Å². The summed E-state index contributed by atoms with van der Waals surface area (Å²) in [6, 6.07) is 15.5. The van der Waals surface area contributed by atoms with E-state index >= 15 is 0 Å². The van der Waals surface area contributed by atoms with Gasteiger partial charge >= 0.3 is 0 Å². The molecule has 0 bridgehead atoms. The fourth-order valence-corrected chi connectivity index (χ4v) is 2.68. The van der Waals surface area contributed by atoms with E-state index in [1.165, 1.54) is 0 Å². The van der Waals surface area contributed by atoms with Gasteiger partial charge in [0.15, 0.2) is 0 Å². The zero-order chi connectivity index (χ0) is 17.2. The molecule has 0 aliphatic rings. The third-order valence-corrected chi connectivity index (χ3v) is 3.92. The molecule has 0 atom stereocenters. The molecule has 0 aliphatic carbocycles. The molecule has 25 heavy (non-hydrogen) atoms. The number of methoxy groups -OCH3 is 1. The van der Waals surface area contributed by atoms with Crippen molar-refractivity contribution in [2.75, 3.05) is 18.2 Å². The van der Waals surface area contributed by atoms with E-state index in [9.17, 15) is 0 Å². The second-order valence-electron chi connectivity index (χ2n) is 5.68. The Balaban J connectivity index is 1.63. The maximum absolute atomic E-state index is 5.87. The maximum Gasteiger partial charge on any atom is 0.213 e. The molecule has 124 valence electrons. The number of nitrogen functional groups attached to an aromatic ring is 1. The van der Waals surface area contributed by atoms with E-state index in [0.717, 1.165) is 39.4 Å². The van der Waals surface area contributed by atoms with Crippen LogP contribution in [0, 0.1) is 0 Å². The van der Waals surface area contributed by atoms with Crippen LogP contribution in [0.15, 0.2) is 60.9 Å². The smallest absolute Gasteiger partial charge is 0.213 e. The Bertz CT molecular complexity index is 1020. The van der Waals surface area contributed by atoms with Crippen molar-refractivity contribution in [3.8, 4) is 17.1 Å². The van der Waals surface area contributed by atoms with Crippen molar-refractivity contribution in [1.82, 2.24) is 15.0 Å². The fourth-order valence-electron chi connectivity index (χ4n) is 2.68. The second kappa shape index (κ2) is 6.16. The van der Waals surface area contributed by atoms with Crippen molar-refractivity contribution in [3.05, 3.63) is 60.9 Å². The number of nitrogens with two attached hydrogens (primary N) is 1. The summed E-state index contributed by atoms with van der Waals surface area (Å²) in [4.78, 5) is 12.0. The number of benzene rings is 1. The molecule has 0 saturated heterocycles. The number of H-pyrrole nitrogens is 1. The van der Waals surface area contributed by atoms with Gasteiger partial charge in [-0.1, -0.05) is 12.1 Å². The standard InChI is InChI=1S/C19H17N5O/c1-25-19-6-5-15(11-22-19)23-18-9-17-13(10-21-18)8-16(24-17)12-3-2-4-14(20)7-12/h2-11,24H,20H2,1H3,(H,21,23). The van der Waals surface area contributed by atoms with Crippen LogP contribution in [0.1, 0.15) is 0 Å². The summed E-state index contributed by atoms with van der Waals surface area (Å²) < 4.78 is 5.06. The van der Waals surface area contributed by atoms with Crippen LogP contribution >= 0.6 is 0 Å². The summed E-state index contributed by atoms with van der Waals surface area (Å²) in [6.45, 7) is 0. The Kier molecular flexibility index (Phi) is 3.70. The lowest BCUT2D eigenvalue weighted by Gasteiger charge is -2.05. The molecule has 6 nitrogen and oxygen atoms in total. The molecule has 0 aliphatic heterocycles. The molecular weight excluding hydrogens is 314 g/mol. The lowest BCUT2D eigenvalue weighted by atomic mass is 10.1. The third kappa shape index (κ3) is 3.10. The second-order valence-corrected chi connectivity index (χ2v) is 5.68. The first-order chi connectivity index (χ1) is 12.2. The van der Waals surface area contributed by atoms with Crippen LogP contribution in [0.2, 0.25) is 0 Å². The lowest BCUT2D eigenvalue weighted by Crippen LogP contribution is -1.94. The molecule has 4 rings (SSSR count). The molecule has 4 N–H and O–H groups in total. The number of hydrogen-bond donors (Lipinski definition) is 3. The summed E-state index contributed by atoms with van der Waals surface area (Å²) in [5.41, 5.74) is 10.5. The van der Waals surface area contributed by atoms with Gasteiger partial charge in [0.2, 0.25) is 5.88 Å². The number of fused-ring (bicyclic) bond motifs is 1. The van der Waals surface area contributed by atoms with Gasteiger partial charge in [0.1, 0.15) is 5.82 Å². The molecule has 0 saturated carbocycles. The number of nitrogens with one attached hydrogen (secondary N) is 2. The molecule has 0 fully saturated rings. The Morgan fingerprint density at radius 3 is 2.72 bits per heavy atom. The number of aromatic amines is 1. The van der Waals surface area contributed by atoms with E-state index in [1.807, 2.05) is 42.6 Å². The number of pyridine rings is 2. The summed E-state index contributed by atoms with van der Waals surface area (Å²) >= 11 is 0. The van der Waals surface area contributed by atoms with Gasteiger partial charge in [0, 0.05) is 35.1 Å². The Labute approximate surface area is 144 Å². The van der Waals surface area contributed by atoms with E-state index in [-0.39, 0.29) is 0 Å². The normalized spacial score (nSPS) is 10.8. The van der Waals surface area contributed by atoms with Gasteiger partial charge in [-0.05, 0) is 29.8 Å². The SMILES string of the molecule is COc1ccc(Nc2cc3[nH]c(-c4cccc(N)c4)cc3cn2)cn1. The highest BCUT2D eigenvalue weighted by atomic mass is 16.5. The average Bonchev–Trinajstić information content (AvgIpc) is 3.06. The molecule has 0 radical (unpaired) electrons. The van der Waals surface area contributed by atoms with Gasteiger partial charge in [-0.15, -0.1) is 0 Å². The van der Waals surface area contributed by atoms with E-state index < -0.39 is 0 Å². The minimum Gasteiger partial charge on any atom is -0.481 e. The Morgan fingerprint density at radius 2 is 1.96 bits per heavy atom. The highest BCUT2D eigenvalue weighted by Crippen LogP contribution is 2.27. The maximum atomic E-state index is 5.87. The monoisotopic (exact) mass is 331 g/mol. The van der Waals surface area contributed by atoms with Crippen LogP contribution < -0.4 is 15.8 Å². The first-order valence-electron chi connectivity index (χ1n) is 7.83. The lowest BCUT2D eigenvalue weighted by molar-refractivity contribution is 0.398. The van der Waals surface area contributed by atoms with E-state index in [0.29, 0.717) is 5.88 Å². The van der Waals surface area contributed by atoms with Crippen LogP contribution in [-0.4, -0.2) is 22.1 Å². The average molecular weight is 331 g/mol. The van der Waals surface area contributed by atoms with Crippen LogP contribution in [0.25, 0.3) is 22.2 Å². The Hall–Kier alpha value is -3.54. The largest absolute Gasteiger partial charge is 0.481 e. The number of anilines is 3. The highest BCUT2D eigenvalue weighted by Gasteiger charge is 2.06. The number of aromatic nitrogens is 3.